The highest BCUT2D eigenvalue weighted by molar-refractivity contribution is 6.30. The molecule has 4 heteroatoms. The monoisotopic (exact) mass is 264 g/mol. The molecule has 0 saturated heterocycles. The molecule has 1 atom stereocenters. The first-order valence-corrected chi connectivity index (χ1v) is 6.18. The molecule has 0 fully saturated rings. The molecule has 0 saturated carbocycles. The standard InChI is InChI=1S/C14H14ClFN2/c1-2-18-14(10-3-5-12(15)6-4-10)11-7-13(16)9-17-8-11/h3-9,14,18H,2H2,1H3. The molecule has 18 heavy (non-hydrogen) atoms. The molecule has 0 bridgehead atoms. The molecule has 94 valence electrons. The van der Waals surface area contributed by atoms with Crippen LogP contribution in [0.1, 0.15) is 24.1 Å². The smallest absolute Gasteiger partial charge is 0.141 e. The van der Waals surface area contributed by atoms with E-state index in [1.165, 1.54) is 12.3 Å². The van der Waals surface area contributed by atoms with Crippen molar-refractivity contribution < 1.29 is 4.39 Å². The van der Waals surface area contributed by atoms with Gasteiger partial charge in [0.25, 0.3) is 0 Å². The summed E-state index contributed by atoms with van der Waals surface area (Å²) < 4.78 is 13.2. The van der Waals surface area contributed by atoms with Crippen molar-refractivity contribution in [1.29, 1.82) is 0 Å². The second-order valence-corrected chi connectivity index (χ2v) is 4.42. The van der Waals surface area contributed by atoms with E-state index in [2.05, 4.69) is 10.3 Å². The van der Waals surface area contributed by atoms with E-state index in [9.17, 15) is 4.39 Å². The highest BCUT2D eigenvalue weighted by atomic mass is 35.5. The first-order valence-electron chi connectivity index (χ1n) is 5.80. The predicted molar refractivity (Wildman–Crippen MR) is 71.2 cm³/mol. The van der Waals surface area contributed by atoms with E-state index in [1.807, 2.05) is 31.2 Å². The van der Waals surface area contributed by atoms with Crippen molar-refractivity contribution in [3.63, 3.8) is 0 Å². The fourth-order valence-electron chi connectivity index (χ4n) is 1.87. The van der Waals surface area contributed by atoms with Crippen LogP contribution in [0.2, 0.25) is 5.02 Å². The van der Waals surface area contributed by atoms with Gasteiger partial charge in [-0.2, -0.15) is 0 Å². The van der Waals surface area contributed by atoms with Gasteiger partial charge in [-0.25, -0.2) is 4.39 Å². The lowest BCUT2D eigenvalue weighted by molar-refractivity contribution is 0.596. The van der Waals surface area contributed by atoms with Gasteiger partial charge in [0.2, 0.25) is 0 Å². The van der Waals surface area contributed by atoms with E-state index >= 15 is 0 Å². The normalized spacial score (nSPS) is 12.4. The summed E-state index contributed by atoms with van der Waals surface area (Å²) in [5.74, 6) is -0.329. The maximum atomic E-state index is 13.2. The second-order valence-electron chi connectivity index (χ2n) is 3.98. The molecule has 1 heterocycles. The quantitative estimate of drug-likeness (QED) is 0.913. The van der Waals surface area contributed by atoms with E-state index in [-0.39, 0.29) is 11.9 Å². The Labute approximate surface area is 111 Å². The van der Waals surface area contributed by atoms with E-state index in [0.29, 0.717) is 5.02 Å². The fourth-order valence-corrected chi connectivity index (χ4v) is 2.00. The van der Waals surface area contributed by atoms with Gasteiger partial charge < -0.3 is 5.32 Å². The topological polar surface area (TPSA) is 24.9 Å². The zero-order valence-electron chi connectivity index (χ0n) is 10.0. The minimum absolute atomic E-state index is 0.0736. The molecule has 2 rings (SSSR count). The van der Waals surface area contributed by atoms with Crippen molar-refractivity contribution in [3.8, 4) is 0 Å². The zero-order chi connectivity index (χ0) is 13.0. The molecule has 1 N–H and O–H groups in total. The molecule has 0 aliphatic rings. The van der Waals surface area contributed by atoms with E-state index < -0.39 is 0 Å². The number of nitrogens with one attached hydrogen (secondary N) is 1. The van der Waals surface area contributed by atoms with Gasteiger partial charge >= 0.3 is 0 Å². The number of nitrogens with zero attached hydrogens (tertiary/aromatic N) is 1. The van der Waals surface area contributed by atoms with E-state index in [1.54, 1.807) is 6.20 Å². The lowest BCUT2D eigenvalue weighted by Crippen LogP contribution is -2.22. The number of rotatable bonds is 4. The molecule has 1 aromatic carbocycles. The summed E-state index contributed by atoms with van der Waals surface area (Å²) >= 11 is 5.87. The van der Waals surface area contributed by atoms with Crippen LogP contribution in [0.3, 0.4) is 0 Å². The van der Waals surface area contributed by atoms with Gasteiger partial charge in [0.15, 0.2) is 0 Å². The Balaban J connectivity index is 2.36. The SMILES string of the molecule is CCNC(c1ccc(Cl)cc1)c1cncc(F)c1. The lowest BCUT2D eigenvalue weighted by atomic mass is 10.0. The molecule has 1 aromatic heterocycles. The summed E-state index contributed by atoms with van der Waals surface area (Å²) in [5, 5.41) is 4.00. The third kappa shape index (κ3) is 3.06. The Morgan fingerprint density at radius 3 is 2.56 bits per heavy atom. The predicted octanol–water partition coefficient (Wildman–Crippen LogP) is 3.57. The molecule has 0 spiro atoms. The van der Waals surface area contributed by atoms with Crippen LogP contribution in [0.4, 0.5) is 4.39 Å². The number of hydrogen-bond acceptors (Lipinski definition) is 2. The van der Waals surface area contributed by atoms with Gasteiger partial charge in [-0.3, -0.25) is 4.98 Å². The van der Waals surface area contributed by atoms with Crippen LogP contribution in [0.15, 0.2) is 42.7 Å². The van der Waals surface area contributed by atoms with Gasteiger partial charge in [0.05, 0.1) is 12.2 Å². The third-order valence-electron chi connectivity index (χ3n) is 2.67. The Hall–Kier alpha value is -1.45. The first-order chi connectivity index (χ1) is 8.70. The van der Waals surface area contributed by atoms with Gasteiger partial charge in [0.1, 0.15) is 5.82 Å². The summed E-state index contributed by atoms with van der Waals surface area (Å²) in [6, 6.07) is 8.94. The summed E-state index contributed by atoms with van der Waals surface area (Å²) in [6.45, 7) is 2.79. The van der Waals surface area contributed by atoms with Crippen LogP contribution < -0.4 is 5.32 Å². The molecular formula is C14H14ClFN2. The maximum absolute atomic E-state index is 13.2. The summed E-state index contributed by atoms with van der Waals surface area (Å²) in [4.78, 5) is 3.89. The van der Waals surface area contributed by atoms with Crippen molar-refractivity contribution >= 4 is 11.6 Å². The Morgan fingerprint density at radius 1 is 1.22 bits per heavy atom. The molecule has 1 unspecified atom stereocenters. The molecule has 0 aliphatic carbocycles. The number of aromatic nitrogens is 1. The van der Waals surface area contributed by atoms with Crippen LogP contribution in [-0.4, -0.2) is 11.5 Å². The largest absolute Gasteiger partial charge is 0.306 e. The second kappa shape index (κ2) is 5.94. The average Bonchev–Trinajstić information content (AvgIpc) is 2.37. The lowest BCUT2D eigenvalue weighted by Gasteiger charge is -2.18. The van der Waals surface area contributed by atoms with Crippen molar-refractivity contribution in [2.24, 2.45) is 0 Å². The van der Waals surface area contributed by atoms with Crippen molar-refractivity contribution in [2.45, 2.75) is 13.0 Å². The van der Waals surface area contributed by atoms with Crippen LogP contribution >= 0.6 is 11.6 Å². The number of pyridine rings is 1. The minimum atomic E-state index is -0.329. The van der Waals surface area contributed by atoms with Crippen molar-refractivity contribution in [3.05, 3.63) is 64.7 Å². The first kappa shape index (κ1) is 13.0. The van der Waals surface area contributed by atoms with Crippen LogP contribution in [0.5, 0.6) is 0 Å². The van der Waals surface area contributed by atoms with Gasteiger partial charge in [0, 0.05) is 11.2 Å². The molecular weight excluding hydrogens is 251 g/mol. The number of halogens is 2. The molecule has 0 aliphatic heterocycles. The number of hydrogen-bond donors (Lipinski definition) is 1. The van der Waals surface area contributed by atoms with Crippen molar-refractivity contribution in [2.75, 3.05) is 6.54 Å². The van der Waals surface area contributed by atoms with Crippen molar-refractivity contribution in [1.82, 2.24) is 10.3 Å². The van der Waals surface area contributed by atoms with Gasteiger partial charge in [-0.1, -0.05) is 30.7 Å². The fraction of sp³-hybridized carbons (Fsp3) is 0.214. The summed E-state index contributed by atoms with van der Waals surface area (Å²) in [5.41, 5.74) is 1.84. The van der Waals surface area contributed by atoms with Crippen LogP contribution in [0.25, 0.3) is 0 Å². The van der Waals surface area contributed by atoms with E-state index in [0.717, 1.165) is 17.7 Å². The third-order valence-corrected chi connectivity index (χ3v) is 2.92. The number of benzene rings is 1. The summed E-state index contributed by atoms with van der Waals surface area (Å²) in [7, 11) is 0. The van der Waals surface area contributed by atoms with Crippen LogP contribution in [0, 0.1) is 5.82 Å². The Kier molecular flexibility index (Phi) is 4.28. The Morgan fingerprint density at radius 2 is 1.94 bits per heavy atom. The van der Waals surface area contributed by atoms with Gasteiger partial charge in [-0.15, -0.1) is 0 Å². The molecule has 0 amide bonds. The minimum Gasteiger partial charge on any atom is -0.306 e. The van der Waals surface area contributed by atoms with Gasteiger partial charge in [-0.05, 0) is 35.9 Å². The highest BCUT2D eigenvalue weighted by Gasteiger charge is 2.13. The molecule has 2 nitrogen and oxygen atoms in total. The Bertz CT molecular complexity index is 513. The average molecular weight is 265 g/mol. The molecule has 2 aromatic rings. The van der Waals surface area contributed by atoms with E-state index in [4.69, 9.17) is 11.6 Å². The highest BCUT2D eigenvalue weighted by Crippen LogP contribution is 2.23. The summed E-state index contributed by atoms with van der Waals surface area (Å²) in [6.07, 6.45) is 2.87. The van der Waals surface area contributed by atoms with Crippen LogP contribution in [-0.2, 0) is 0 Å². The maximum Gasteiger partial charge on any atom is 0.141 e. The zero-order valence-corrected chi connectivity index (χ0v) is 10.8. The molecule has 0 radical (unpaired) electrons.